The molecule has 5 nitrogen and oxygen atoms in total. The Morgan fingerprint density at radius 3 is 2.44 bits per heavy atom. The lowest BCUT2D eigenvalue weighted by Crippen LogP contribution is -2.11. The first-order chi connectivity index (χ1) is 18.4. The van der Waals surface area contributed by atoms with Gasteiger partial charge in [0.1, 0.15) is 0 Å². The number of fused-ring (bicyclic) bond motifs is 1. The zero-order valence-corrected chi connectivity index (χ0v) is 22.6. The Kier molecular flexibility index (Phi) is 8.76. The van der Waals surface area contributed by atoms with Crippen molar-refractivity contribution in [3.8, 4) is 11.4 Å². The smallest absolute Gasteiger partial charge is 0.375 e. The lowest BCUT2D eigenvalue weighted by Gasteiger charge is -2.15. The van der Waals surface area contributed by atoms with Gasteiger partial charge >= 0.3 is 6.18 Å². The van der Waals surface area contributed by atoms with Crippen LogP contribution in [-0.2, 0) is 23.0 Å². The van der Waals surface area contributed by atoms with E-state index in [2.05, 4.69) is 34.1 Å². The molecule has 1 aliphatic heterocycles. The predicted octanol–water partition coefficient (Wildman–Crippen LogP) is 7.77. The molecule has 39 heavy (non-hydrogen) atoms. The van der Waals surface area contributed by atoms with Crippen LogP contribution in [0.25, 0.3) is 11.4 Å². The first-order valence-corrected chi connectivity index (χ1v) is 12.9. The maximum absolute atomic E-state index is 14.2. The summed E-state index contributed by atoms with van der Waals surface area (Å²) in [6.45, 7) is 4.87. The van der Waals surface area contributed by atoms with Gasteiger partial charge in [0.2, 0.25) is 0 Å². The molecule has 0 amide bonds. The summed E-state index contributed by atoms with van der Waals surface area (Å²) in [6.07, 6.45) is -0.0375. The van der Waals surface area contributed by atoms with Gasteiger partial charge in [-0.05, 0) is 60.9 Å². The van der Waals surface area contributed by atoms with Crippen LogP contribution in [0.5, 0.6) is 0 Å². The van der Waals surface area contributed by atoms with E-state index in [0.717, 1.165) is 18.6 Å². The van der Waals surface area contributed by atoms with Crippen molar-refractivity contribution in [1.82, 2.24) is 9.97 Å². The van der Waals surface area contributed by atoms with Gasteiger partial charge < -0.3 is 10.1 Å². The van der Waals surface area contributed by atoms with Crippen LogP contribution in [0.3, 0.4) is 0 Å². The number of aromatic nitrogens is 2. The third-order valence-corrected chi connectivity index (χ3v) is 6.25. The summed E-state index contributed by atoms with van der Waals surface area (Å²) in [5, 5.41) is 3.17. The van der Waals surface area contributed by atoms with Crippen LogP contribution < -0.4 is 5.32 Å². The molecule has 0 spiro atoms. The summed E-state index contributed by atoms with van der Waals surface area (Å²) in [6, 6.07) is 10.8. The lowest BCUT2D eigenvalue weighted by molar-refractivity contribution is -0.137. The molecule has 1 unspecified atom stereocenters. The van der Waals surface area contributed by atoms with Crippen molar-refractivity contribution < 1.29 is 26.7 Å². The number of nitrogens with one attached hydrogen (secondary N) is 1. The summed E-state index contributed by atoms with van der Waals surface area (Å²) in [5.74, 6) is 0.792. The van der Waals surface area contributed by atoms with Gasteiger partial charge in [0.25, 0.3) is 5.66 Å². The van der Waals surface area contributed by atoms with E-state index in [1.54, 1.807) is 18.2 Å². The quantitative estimate of drug-likeness (QED) is 0.164. The van der Waals surface area contributed by atoms with Gasteiger partial charge in [-0.15, -0.1) is 0 Å². The molecule has 206 valence electrons. The second kappa shape index (κ2) is 11.9. The van der Waals surface area contributed by atoms with Crippen molar-refractivity contribution in [2.24, 2.45) is 10.9 Å². The number of nitrogens with zero attached hydrogens (tertiary/aromatic N) is 3. The topological polar surface area (TPSA) is 59.4 Å². The molecule has 1 atom stereocenters. The van der Waals surface area contributed by atoms with E-state index in [9.17, 15) is 22.0 Å². The van der Waals surface area contributed by atoms with Gasteiger partial charge in [0.15, 0.2) is 5.82 Å². The number of rotatable bonds is 9. The minimum Gasteiger partial charge on any atom is -0.375 e. The van der Waals surface area contributed by atoms with Crippen molar-refractivity contribution in [1.29, 1.82) is 0 Å². The van der Waals surface area contributed by atoms with Crippen LogP contribution in [0.1, 0.15) is 37.0 Å². The van der Waals surface area contributed by atoms with Crippen molar-refractivity contribution in [2.45, 2.75) is 38.5 Å². The number of aliphatic imine (C=N–C) groups is 1. The number of ether oxygens (including phenoxy) is 1. The monoisotopic (exact) mass is 562 g/mol. The number of pyridine rings is 2. The Labute approximate surface area is 225 Å². The first-order valence-electron chi connectivity index (χ1n) is 12.3. The molecule has 3 heterocycles. The van der Waals surface area contributed by atoms with Crippen LogP contribution in [0.2, 0.25) is 0 Å². The van der Waals surface area contributed by atoms with Crippen molar-refractivity contribution in [2.75, 3.05) is 18.5 Å². The maximum Gasteiger partial charge on any atom is 0.416 e. The molecule has 1 N–H and O–H groups in total. The summed E-state index contributed by atoms with van der Waals surface area (Å²) < 4.78 is 73.2. The molecule has 0 fully saturated rings. The standard InChI is InChI=1S/C28H28F5N4OP/c1-17(2)11-13-38-16-22-15-21(35-20-8-6-19(7-9-20)27(29,30)31)14-18-5-10-24(37-26(18)36-22)25-23(28(32,33)39)4-3-12-34-25/h3-10,12,15,17,35H,11,13-14,16,39H2,1-2H3. The van der Waals surface area contributed by atoms with Crippen LogP contribution in [-0.4, -0.2) is 28.9 Å². The van der Waals surface area contributed by atoms with Gasteiger partial charge in [-0.25, -0.2) is 9.98 Å². The molecule has 4 rings (SSSR count). The zero-order valence-electron chi connectivity index (χ0n) is 21.4. The number of allylic oxidation sites excluding steroid dienone is 1. The Morgan fingerprint density at radius 2 is 1.77 bits per heavy atom. The van der Waals surface area contributed by atoms with Crippen LogP contribution in [0, 0.1) is 5.92 Å². The number of anilines is 1. The highest BCUT2D eigenvalue weighted by atomic mass is 31.0. The van der Waals surface area contributed by atoms with Gasteiger partial charge in [0, 0.05) is 36.2 Å². The number of halogens is 5. The Balaban J connectivity index is 1.66. The molecule has 11 heteroatoms. The largest absolute Gasteiger partial charge is 0.416 e. The fraction of sp³-hybridized carbons (Fsp3) is 0.321. The Morgan fingerprint density at radius 1 is 1.03 bits per heavy atom. The lowest BCUT2D eigenvalue weighted by atomic mass is 10.1. The van der Waals surface area contributed by atoms with Crippen LogP contribution in [0.15, 0.2) is 71.5 Å². The second-order valence-electron chi connectivity index (χ2n) is 9.59. The fourth-order valence-corrected chi connectivity index (χ4v) is 4.16. The van der Waals surface area contributed by atoms with Gasteiger partial charge in [0.05, 0.1) is 34.8 Å². The third kappa shape index (κ3) is 7.67. The minimum absolute atomic E-state index is 0.0468. The molecule has 0 aliphatic carbocycles. The molecule has 0 saturated heterocycles. The van der Waals surface area contributed by atoms with Crippen LogP contribution >= 0.6 is 9.24 Å². The molecule has 0 bridgehead atoms. The Bertz CT molecular complexity index is 1370. The van der Waals surface area contributed by atoms with E-state index in [1.165, 1.54) is 39.7 Å². The van der Waals surface area contributed by atoms with E-state index in [0.29, 0.717) is 47.4 Å². The summed E-state index contributed by atoms with van der Waals surface area (Å²) >= 11 is 0. The molecule has 0 saturated carbocycles. The minimum atomic E-state index is -4.43. The molecule has 2 aromatic heterocycles. The number of benzene rings is 1. The van der Waals surface area contributed by atoms with E-state index in [-0.39, 0.29) is 23.6 Å². The highest BCUT2D eigenvalue weighted by Crippen LogP contribution is 2.40. The number of hydrogen-bond acceptors (Lipinski definition) is 5. The Hall–Kier alpha value is -3.23. The molecular weight excluding hydrogens is 534 g/mol. The first kappa shape index (κ1) is 28.8. The summed E-state index contributed by atoms with van der Waals surface area (Å²) in [7, 11) is 1.52. The molecule has 1 aliphatic rings. The number of alkyl halides is 5. The highest BCUT2D eigenvalue weighted by Gasteiger charge is 2.31. The van der Waals surface area contributed by atoms with Crippen molar-refractivity contribution in [3.63, 3.8) is 0 Å². The van der Waals surface area contributed by atoms with Gasteiger partial charge in [-0.3, -0.25) is 4.98 Å². The SMILES string of the molecule is CC(C)CCOCC1=Nc2nc(-c3ncccc3C(F)(F)P)ccc2CC(Nc2ccc(C(F)(F)F)cc2)=C1. The number of hydrogen-bond donors (Lipinski definition) is 1. The van der Waals surface area contributed by atoms with Crippen LogP contribution in [0.4, 0.5) is 33.5 Å². The normalized spacial score (nSPS) is 14.0. The van der Waals surface area contributed by atoms with Crippen molar-refractivity contribution in [3.05, 3.63) is 83.2 Å². The van der Waals surface area contributed by atoms with Gasteiger partial charge in [-0.2, -0.15) is 22.0 Å². The molecule has 3 aromatic rings. The van der Waals surface area contributed by atoms with E-state index < -0.39 is 17.4 Å². The molecule has 0 radical (unpaired) electrons. The molecule has 1 aromatic carbocycles. The summed E-state index contributed by atoms with van der Waals surface area (Å²) in [5.41, 5.74) is -1.54. The maximum atomic E-state index is 14.2. The fourth-order valence-electron chi connectivity index (χ4n) is 3.93. The van der Waals surface area contributed by atoms with E-state index in [1.807, 2.05) is 0 Å². The predicted molar refractivity (Wildman–Crippen MR) is 145 cm³/mol. The summed E-state index contributed by atoms with van der Waals surface area (Å²) in [4.78, 5) is 13.4. The second-order valence-corrected chi connectivity index (χ2v) is 10.3. The zero-order chi connectivity index (χ0) is 28.2. The van der Waals surface area contributed by atoms with Gasteiger partial charge in [-0.1, -0.05) is 29.2 Å². The third-order valence-electron chi connectivity index (χ3n) is 5.94. The highest BCUT2D eigenvalue weighted by molar-refractivity contribution is 7.17. The van der Waals surface area contributed by atoms with E-state index in [4.69, 9.17) is 4.74 Å². The molecular formula is C28H28F5N4OP. The average molecular weight is 563 g/mol. The van der Waals surface area contributed by atoms with Crippen molar-refractivity contribution >= 4 is 26.5 Å². The average Bonchev–Trinajstić information content (AvgIpc) is 3.03. The van der Waals surface area contributed by atoms with E-state index >= 15 is 0 Å².